The number of ether oxygens (including phenoxy) is 1. The zero-order valence-corrected chi connectivity index (χ0v) is 13.7. The van der Waals surface area contributed by atoms with Gasteiger partial charge >= 0.3 is 6.09 Å². The molecule has 2 aliphatic rings. The lowest BCUT2D eigenvalue weighted by molar-refractivity contribution is 0.0514. The van der Waals surface area contributed by atoms with Crippen molar-refractivity contribution in [2.45, 2.75) is 83.0 Å². The van der Waals surface area contributed by atoms with Crippen LogP contribution in [0.25, 0.3) is 0 Å². The van der Waals surface area contributed by atoms with Crippen LogP contribution in [-0.2, 0) is 4.74 Å². The topological polar surface area (TPSA) is 76.4 Å². The van der Waals surface area contributed by atoms with Crippen molar-refractivity contribution >= 4 is 6.09 Å². The Hall–Kier alpha value is -0.810. The summed E-state index contributed by atoms with van der Waals surface area (Å²) in [6.07, 6.45) is 6.90. The summed E-state index contributed by atoms with van der Waals surface area (Å²) in [5.74, 6) is 0.664. The molecule has 122 valence electrons. The van der Waals surface area contributed by atoms with Gasteiger partial charge < -0.3 is 21.1 Å². The zero-order chi connectivity index (χ0) is 15.5. The summed E-state index contributed by atoms with van der Waals surface area (Å²) in [4.78, 5) is 11.8. The van der Waals surface area contributed by atoms with Crippen LogP contribution in [0.5, 0.6) is 0 Å². The first-order chi connectivity index (χ1) is 9.83. The van der Waals surface area contributed by atoms with E-state index in [2.05, 4.69) is 10.6 Å². The fourth-order valence-corrected chi connectivity index (χ4v) is 3.33. The molecule has 1 amide bonds. The highest BCUT2D eigenvalue weighted by atomic mass is 16.6. The van der Waals surface area contributed by atoms with E-state index in [1.165, 1.54) is 25.7 Å². The van der Waals surface area contributed by atoms with Gasteiger partial charge in [-0.1, -0.05) is 12.8 Å². The summed E-state index contributed by atoms with van der Waals surface area (Å²) in [6.45, 7) is 6.30. The molecule has 2 saturated carbocycles. The lowest BCUT2D eigenvalue weighted by Gasteiger charge is -2.38. The highest BCUT2D eigenvalue weighted by Crippen LogP contribution is 2.29. The lowest BCUT2D eigenvalue weighted by Crippen LogP contribution is -2.56. The maximum atomic E-state index is 11.8. The highest BCUT2D eigenvalue weighted by Gasteiger charge is 2.32. The van der Waals surface area contributed by atoms with E-state index in [4.69, 9.17) is 10.5 Å². The average molecular weight is 297 g/mol. The van der Waals surface area contributed by atoms with Gasteiger partial charge in [0.05, 0.1) is 0 Å². The molecule has 0 aromatic rings. The molecule has 2 rings (SSSR count). The van der Waals surface area contributed by atoms with Crippen molar-refractivity contribution in [3.05, 3.63) is 0 Å². The van der Waals surface area contributed by atoms with E-state index in [1.54, 1.807) is 0 Å². The number of nitrogens with two attached hydrogens (primary N) is 1. The molecule has 5 heteroatoms. The molecule has 21 heavy (non-hydrogen) atoms. The molecule has 0 aromatic carbocycles. The monoisotopic (exact) mass is 297 g/mol. The number of amides is 1. The van der Waals surface area contributed by atoms with Crippen molar-refractivity contribution in [3.8, 4) is 0 Å². The number of nitrogens with one attached hydrogen (secondary N) is 2. The van der Waals surface area contributed by atoms with E-state index < -0.39 is 5.60 Å². The minimum absolute atomic E-state index is 0.322. The molecule has 1 atom stereocenters. The van der Waals surface area contributed by atoms with E-state index >= 15 is 0 Å². The van der Waals surface area contributed by atoms with Gasteiger partial charge in [0.1, 0.15) is 5.60 Å². The minimum atomic E-state index is -0.443. The zero-order valence-electron chi connectivity index (χ0n) is 13.7. The number of carbonyl (C=O) groups is 1. The van der Waals surface area contributed by atoms with Crippen LogP contribution in [0, 0.1) is 5.92 Å². The molecular formula is C16H31N3O2. The molecule has 0 spiro atoms. The number of hydrogen-bond acceptors (Lipinski definition) is 4. The van der Waals surface area contributed by atoms with Crippen LogP contribution in [0.1, 0.15) is 59.3 Å². The van der Waals surface area contributed by atoms with Crippen LogP contribution in [0.2, 0.25) is 0 Å². The molecule has 2 aliphatic carbocycles. The Balaban J connectivity index is 1.79. The summed E-state index contributed by atoms with van der Waals surface area (Å²) >= 11 is 0. The van der Waals surface area contributed by atoms with E-state index in [0.717, 1.165) is 12.8 Å². The Bertz CT molecular complexity index is 342. The third-order valence-corrected chi connectivity index (χ3v) is 4.46. The molecule has 1 unspecified atom stereocenters. The van der Waals surface area contributed by atoms with Gasteiger partial charge in [0.2, 0.25) is 0 Å². The van der Waals surface area contributed by atoms with Gasteiger partial charge in [-0.2, -0.15) is 0 Å². The summed E-state index contributed by atoms with van der Waals surface area (Å²) < 4.78 is 5.32. The van der Waals surface area contributed by atoms with Gasteiger partial charge in [0.15, 0.2) is 0 Å². The van der Waals surface area contributed by atoms with Gasteiger partial charge in [-0.25, -0.2) is 4.79 Å². The average Bonchev–Trinajstić information content (AvgIpc) is 2.83. The lowest BCUT2D eigenvalue weighted by atomic mass is 9.85. The van der Waals surface area contributed by atoms with Gasteiger partial charge in [0, 0.05) is 24.7 Å². The number of carbonyl (C=O) groups excluding carboxylic acids is 1. The van der Waals surface area contributed by atoms with Crippen molar-refractivity contribution in [1.82, 2.24) is 10.6 Å². The second-order valence-electron chi connectivity index (χ2n) is 7.63. The van der Waals surface area contributed by atoms with Crippen molar-refractivity contribution in [1.29, 1.82) is 0 Å². The fourth-order valence-electron chi connectivity index (χ4n) is 3.33. The van der Waals surface area contributed by atoms with Crippen LogP contribution in [0.3, 0.4) is 0 Å². The first-order valence-corrected chi connectivity index (χ1v) is 8.32. The maximum absolute atomic E-state index is 11.8. The largest absolute Gasteiger partial charge is 0.444 e. The molecule has 0 aromatic heterocycles. The second-order valence-corrected chi connectivity index (χ2v) is 7.63. The van der Waals surface area contributed by atoms with Crippen molar-refractivity contribution in [2.24, 2.45) is 11.7 Å². The van der Waals surface area contributed by atoms with Crippen molar-refractivity contribution < 1.29 is 9.53 Å². The predicted molar refractivity (Wildman–Crippen MR) is 84.1 cm³/mol. The predicted octanol–water partition coefficient (Wildman–Crippen LogP) is 2.15. The highest BCUT2D eigenvalue weighted by molar-refractivity contribution is 5.67. The van der Waals surface area contributed by atoms with Crippen LogP contribution in [0.15, 0.2) is 0 Å². The normalized spacial score (nSPS) is 28.0. The molecule has 4 N–H and O–H groups in total. The molecule has 0 heterocycles. The molecule has 0 bridgehead atoms. The Morgan fingerprint density at radius 3 is 2.43 bits per heavy atom. The first kappa shape index (κ1) is 16.6. The summed E-state index contributed by atoms with van der Waals surface area (Å²) in [5.41, 5.74) is 5.42. The molecule has 5 nitrogen and oxygen atoms in total. The first-order valence-electron chi connectivity index (χ1n) is 8.32. The molecule has 0 saturated heterocycles. The molecule has 0 aliphatic heterocycles. The Labute approximate surface area is 128 Å². The van der Waals surface area contributed by atoms with Crippen LogP contribution in [-0.4, -0.2) is 36.4 Å². The number of alkyl carbamates (subject to hydrolysis) is 1. The third-order valence-electron chi connectivity index (χ3n) is 4.46. The summed E-state index contributed by atoms with van der Waals surface area (Å²) in [7, 11) is 0. The van der Waals surface area contributed by atoms with Crippen molar-refractivity contribution in [3.63, 3.8) is 0 Å². The maximum Gasteiger partial charge on any atom is 0.407 e. The van der Waals surface area contributed by atoms with Crippen molar-refractivity contribution in [2.75, 3.05) is 6.54 Å². The SMILES string of the molecule is CC(C)(C)OC(=O)NCC(NC1CC(N)C1)C1CCCC1. The van der Waals surface area contributed by atoms with E-state index in [0.29, 0.717) is 30.6 Å². The van der Waals surface area contributed by atoms with Gasteiger partial charge in [-0.3, -0.25) is 0 Å². The van der Waals surface area contributed by atoms with Gasteiger partial charge in [-0.15, -0.1) is 0 Å². The standard InChI is InChI=1S/C16H31N3O2/c1-16(2,3)21-15(20)18-10-14(11-6-4-5-7-11)19-13-8-12(17)9-13/h11-14,19H,4-10,17H2,1-3H3,(H,18,20). The summed E-state index contributed by atoms with van der Waals surface area (Å²) in [5, 5.41) is 6.62. The number of hydrogen-bond donors (Lipinski definition) is 3. The molecule has 0 radical (unpaired) electrons. The fraction of sp³-hybridized carbons (Fsp3) is 0.938. The van der Waals surface area contributed by atoms with Crippen LogP contribution in [0.4, 0.5) is 4.79 Å². The smallest absolute Gasteiger partial charge is 0.407 e. The molecule has 2 fully saturated rings. The summed E-state index contributed by atoms with van der Waals surface area (Å²) in [6, 6.07) is 1.22. The van der Waals surface area contributed by atoms with E-state index in [-0.39, 0.29) is 6.09 Å². The van der Waals surface area contributed by atoms with E-state index in [9.17, 15) is 4.79 Å². The van der Waals surface area contributed by atoms with Gasteiger partial charge in [0.25, 0.3) is 0 Å². The minimum Gasteiger partial charge on any atom is -0.444 e. The quantitative estimate of drug-likeness (QED) is 0.727. The Kier molecular flexibility index (Phi) is 5.49. The second kappa shape index (κ2) is 6.97. The van der Waals surface area contributed by atoms with Crippen LogP contribution >= 0.6 is 0 Å². The Morgan fingerprint density at radius 2 is 1.90 bits per heavy atom. The van der Waals surface area contributed by atoms with Crippen LogP contribution < -0.4 is 16.4 Å². The molecular weight excluding hydrogens is 266 g/mol. The number of rotatable bonds is 5. The van der Waals surface area contributed by atoms with Gasteiger partial charge in [-0.05, 0) is 52.4 Å². The van der Waals surface area contributed by atoms with E-state index in [1.807, 2.05) is 20.8 Å². The third kappa shape index (κ3) is 5.47. The Morgan fingerprint density at radius 1 is 1.29 bits per heavy atom.